The van der Waals surface area contributed by atoms with Crippen molar-refractivity contribution in [1.82, 2.24) is 15.2 Å². The first-order valence-electron chi connectivity index (χ1n) is 9.46. The van der Waals surface area contributed by atoms with Crippen LogP contribution in [0.3, 0.4) is 0 Å². The number of anilines is 1. The van der Waals surface area contributed by atoms with Crippen molar-refractivity contribution in [3.63, 3.8) is 0 Å². The van der Waals surface area contributed by atoms with E-state index in [4.69, 9.17) is 9.73 Å². The number of benzene rings is 1. The molecule has 1 aliphatic rings. The van der Waals surface area contributed by atoms with Gasteiger partial charge in [0.05, 0.1) is 24.4 Å². The molecule has 0 saturated carbocycles. The molecule has 0 bridgehead atoms. The highest BCUT2D eigenvalue weighted by molar-refractivity contribution is 7.11. The Morgan fingerprint density at radius 3 is 2.44 bits per heavy atom. The van der Waals surface area contributed by atoms with Crippen molar-refractivity contribution in [2.45, 2.75) is 27.3 Å². The van der Waals surface area contributed by atoms with Gasteiger partial charge in [-0.2, -0.15) is 0 Å². The first-order chi connectivity index (χ1) is 13.1. The number of aromatic nitrogens is 1. The van der Waals surface area contributed by atoms with Crippen LogP contribution in [-0.2, 0) is 6.54 Å². The number of hydrogen-bond donors (Lipinski definition) is 1. The van der Waals surface area contributed by atoms with E-state index in [0.717, 1.165) is 55.1 Å². The molecule has 1 fully saturated rings. The zero-order valence-corrected chi connectivity index (χ0v) is 17.5. The summed E-state index contributed by atoms with van der Waals surface area (Å²) in [5.41, 5.74) is 2.34. The van der Waals surface area contributed by atoms with E-state index in [0.29, 0.717) is 6.54 Å². The van der Waals surface area contributed by atoms with Gasteiger partial charge in [0, 0.05) is 43.3 Å². The lowest BCUT2D eigenvalue weighted by molar-refractivity contribution is 0.372. The summed E-state index contributed by atoms with van der Waals surface area (Å²) < 4.78 is 5.25. The second-order valence-electron chi connectivity index (χ2n) is 6.58. The number of rotatable bonds is 5. The SMILES string of the molecule is CCNC(=NCc1sc(C)nc1C)N1CCN(c2ccc(OC)cc2)CC1. The van der Waals surface area contributed by atoms with E-state index in [-0.39, 0.29) is 0 Å². The van der Waals surface area contributed by atoms with Crippen molar-refractivity contribution >= 4 is 23.0 Å². The number of ether oxygens (including phenoxy) is 1. The van der Waals surface area contributed by atoms with Gasteiger partial charge in [0.1, 0.15) is 5.75 Å². The van der Waals surface area contributed by atoms with Crippen LogP contribution in [-0.4, -0.2) is 55.7 Å². The molecule has 0 aliphatic carbocycles. The fourth-order valence-corrected chi connectivity index (χ4v) is 4.12. The number of piperazine rings is 1. The molecular weight excluding hydrogens is 358 g/mol. The van der Waals surface area contributed by atoms with E-state index >= 15 is 0 Å². The Bertz CT molecular complexity index is 763. The average molecular weight is 388 g/mol. The molecule has 7 heteroatoms. The molecule has 146 valence electrons. The highest BCUT2D eigenvalue weighted by Crippen LogP contribution is 2.21. The Labute approximate surface area is 165 Å². The number of nitrogens with one attached hydrogen (secondary N) is 1. The van der Waals surface area contributed by atoms with E-state index in [2.05, 4.69) is 53.0 Å². The number of nitrogens with zero attached hydrogens (tertiary/aromatic N) is 4. The fraction of sp³-hybridized carbons (Fsp3) is 0.500. The summed E-state index contributed by atoms with van der Waals surface area (Å²) in [5, 5.41) is 4.55. The molecule has 0 atom stereocenters. The predicted molar refractivity (Wildman–Crippen MR) is 113 cm³/mol. The Morgan fingerprint density at radius 2 is 1.89 bits per heavy atom. The third-order valence-electron chi connectivity index (χ3n) is 4.72. The Balaban J connectivity index is 1.62. The monoisotopic (exact) mass is 387 g/mol. The average Bonchev–Trinajstić information content (AvgIpc) is 3.02. The van der Waals surface area contributed by atoms with E-state index in [1.54, 1.807) is 18.4 Å². The smallest absolute Gasteiger partial charge is 0.194 e. The van der Waals surface area contributed by atoms with Crippen LogP contribution in [0.15, 0.2) is 29.3 Å². The summed E-state index contributed by atoms with van der Waals surface area (Å²) in [6, 6.07) is 8.30. The normalized spacial score (nSPS) is 15.2. The van der Waals surface area contributed by atoms with Crippen molar-refractivity contribution < 1.29 is 4.74 Å². The molecule has 1 N–H and O–H groups in total. The molecule has 0 spiro atoms. The first kappa shape index (κ1) is 19.5. The van der Waals surface area contributed by atoms with Gasteiger partial charge in [-0.3, -0.25) is 0 Å². The number of hydrogen-bond acceptors (Lipinski definition) is 5. The van der Waals surface area contributed by atoms with Crippen molar-refractivity contribution in [3.05, 3.63) is 39.8 Å². The topological polar surface area (TPSA) is 53.0 Å². The minimum atomic E-state index is 0.693. The molecule has 3 rings (SSSR count). The summed E-state index contributed by atoms with van der Waals surface area (Å²) >= 11 is 1.74. The predicted octanol–water partition coefficient (Wildman–Crippen LogP) is 3.06. The summed E-state index contributed by atoms with van der Waals surface area (Å²) in [6.45, 7) is 11.7. The van der Waals surface area contributed by atoms with Gasteiger partial charge in [0.2, 0.25) is 0 Å². The zero-order chi connectivity index (χ0) is 19.2. The molecular formula is C20H29N5OS. The van der Waals surface area contributed by atoms with Crippen LogP contribution in [0.25, 0.3) is 0 Å². The molecule has 0 amide bonds. The third-order valence-corrected chi connectivity index (χ3v) is 5.78. The third kappa shape index (κ3) is 4.91. The quantitative estimate of drug-likeness (QED) is 0.631. The standard InChI is InChI=1S/C20H29N5OS/c1-5-21-20(22-14-19-15(2)23-16(3)27-19)25-12-10-24(11-13-25)17-6-8-18(26-4)9-7-17/h6-9H,5,10-14H2,1-4H3,(H,21,22). The van der Waals surface area contributed by atoms with Crippen LogP contribution < -0.4 is 15.0 Å². The van der Waals surface area contributed by atoms with Crippen LogP contribution in [0.1, 0.15) is 22.5 Å². The van der Waals surface area contributed by atoms with Gasteiger partial charge in [0.15, 0.2) is 5.96 Å². The maximum atomic E-state index is 5.25. The molecule has 1 saturated heterocycles. The van der Waals surface area contributed by atoms with Gasteiger partial charge >= 0.3 is 0 Å². The lowest BCUT2D eigenvalue weighted by Crippen LogP contribution is -2.52. The van der Waals surface area contributed by atoms with Crippen molar-refractivity contribution in [3.8, 4) is 5.75 Å². The van der Waals surface area contributed by atoms with Gasteiger partial charge in [-0.1, -0.05) is 0 Å². The second kappa shape index (κ2) is 9.08. The van der Waals surface area contributed by atoms with Crippen molar-refractivity contribution in [1.29, 1.82) is 0 Å². The highest BCUT2D eigenvalue weighted by atomic mass is 32.1. The Morgan fingerprint density at radius 1 is 1.19 bits per heavy atom. The molecule has 1 aromatic heterocycles. The number of guanidine groups is 1. The van der Waals surface area contributed by atoms with Crippen molar-refractivity contribution in [2.24, 2.45) is 4.99 Å². The number of thiazole rings is 1. The maximum Gasteiger partial charge on any atom is 0.194 e. The molecule has 1 aromatic carbocycles. The molecule has 0 radical (unpaired) electrons. The number of methoxy groups -OCH3 is 1. The summed E-state index contributed by atoms with van der Waals surface area (Å²) in [5.74, 6) is 1.89. The van der Waals surface area contributed by atoms with Gasteiger partial charge in [0.25, 0.3) is 0 Å². The van der Waals surface area contributed by atoms with E-state index in [9.17, 15) is 0 Å². The zero-order valence-electron chi connectivity index (χ0n) is 16.7. The number of aliphatic imine (C=N–C) groups is 1. The minimum Gasteiger partial charge on any atom is -0.497 e. The molecule has 2 aromatic rings. The first-order valence-corrected chi connectivity index (χ1v) is 10.3. The van der Waals surface area contributed by atoms with Crippen LogP contribution in [0.2, 0.25) is 0 Å². The second-order valence-corrected chi connectivity index (χ2v) is 7.87. The molecule has 1 aliphatic heterocycles. The Kier molecular flexibility index (Phi) is 6.55. The summed E-state index contributed by atoms with van der Waals surface area (Å²) in [7, 11) is 1.70. The van der Waals surface area contributed by atoms with E-state index in [1.165, 1.54) is 10.6 Å². The fourth-order valence-electron chi connectivity index (χ4n) is 3.26. The van der Waals surface area contributed by atoms with Gasteiger partial charge in [-0.25, -0.2) is 9.98 Å². The number of aryl methyl sites for hydroxylation is 2. The molecule has 27 heavy (non-hydrogen) atoms. The van der Waals surface area contributed by atoms with Crippen molar-refractivity contribution in [2.75, 3.05) is 44.7 Å². The van der Waals surface area contributed by atoms with Gasteiger partial charge < -0.3 is 19.9 Å². The van der Waals surface area contributed by atoms with Crippen LogP contribution >= 0.6 is 11.3 Å². The summed E-state index contributed by atoms with van der Waals surface area (Å²) in [4.78, 5) is 15.4. The maximum absolute atomic E-state index is 5.25. The molecule has 2 heterocycles. The largest absolute Gasteiger partial charge is 0.497 e. The molecule has 6 nitrogen and oxygen atoms in total. The van der Waals surface area contributed by atoms with Crippen LogP contribution in [0.4, 0.5) is 5.69 Å². The van der Waals surface area contributed by atoms with Crippen LogP contribution in [0, 0.1) is 13.8 Å². The van der Waals surface area contributed by atoms with E-state index in [1.807, 2.05) is 12.1 Å². The Hall–Kier alpha value is -2.28. The molecule has 0 unspecified atom stereocenters. The van der Waals surface area contributed by atoms with Gasteiger partial charge in [-0.15, -0.1) is 11.3 Å². The van der Waals surface area contributed by atoms with Crippen LogP contribution in [0.5, 0.6) is 5.75 Å². The van der Waals surface area contributed by atoms with Gasteiger partial charge in [-0.05, 0) is 45.0 Å². The lowest BCUT2D eigenvalue weighted by atomic mass is 10.2. The highest BCUT2D eigenvalue weighted by Gasteiger charge is 2.20. The lowest BCUT2D eigenvalue weighted by Gasteiger charge is -2.37. The summed E-state index contributed by atoms with van der Waals surface area (Å²) in [6.07, 6.45) is 0. The minimum absolute atomic E-state index is 0.693. The van der Waals surface area contributed by atoms with E-state index < -0.39 is 0 Å².